The van der Waals surface area contributed by atoms with E-state index in [-0.39, 0.29) is 0 Å². The second kappa shape index (κ2) is 6.62. The first-order chi connectivity index (χ1) is 14.8. The smallest absolute Gasteiger partial charge is 0.150 e. The summed E-state index contributed by atoms with van der Waals surface area (Å²) in [7, 11) is 0. The third-order valence-corrected chi connectivity index (χ3v) is 6.01. The molecule has 2 aromatic carbocycles. The third-order valence-electron chi connectivity index (χ3n) is 6.01. The molecule has 1 saturated carbocycles. The fourth-order valence-electron chi connectivity index (χ4n) is 4.29. The van der Waals surface area contributed by atoms with E-state index in [1.807, 2.05) is 30.5 Å². The van der Waals surface area contributed by atoms with Crippen LogP contribution in [-0.2, 0) is 0 Å². The first kappa shape index (κ1) is 17.1. The molecule has 5 aromatic rings. The molecule has 0 unspecified atom stereocenters. The van der Waals surface area contributed by atoms with Gasteiger partial charge in [-0.25, -0.2) is 9.97 Å². The molecule has 1 aliphatic carbocycles. The minimum Gasteiger partial charge on any atom is -0.382 e. The van der Waals surface area contributed by atoms with Crippen LogP contribution in [-0.4, -0.2) is 24.3 Å². The molecule has 3 aromatic heterocycles. The van der Waals surface area contributed by atoms with Crippen molar-refractivity contribution in [2.24, 2.45) is 0 Å². The van der Waals surface area contributed by atoms with Gasteiger partial charge in [-0.15, -0.1) is 0 Å². The van der Waals surface area contributed by atoms with Crippen molar-refractivity contribution < 1.29 is 0 Å². The van der Waals surface area contributed by atoms with Crippen molar-refractivity contribution in [3.8, 4) is 22.4 Å². The van der Waals surface area contributed by atoms with Gasteiger partial charge in [0.1, 0.15) is 22.9 Å². The molecule has 2 N–H and O–H groups in total. The van der Waals surface area contributed by atoms with Crippen LogP contribution in [0.1, 0.15) is 31.0 Å². The summed E-state index contributed by atoms with van der Waals surface area (Å²) in [5.74, 6) is 2.04. The number of imidazole rings is 1. The quantitative estimate of drug-likeness (QED) is 0.474. The van der Waals surface area contributed by atoms with Gasteiger partial charge < -0.3 is 5.73 Å². The zero-order valence-corrected chi connectivity index (χ0v) is 16.4. The molecular formula is C24H20N6. The minimum absolute atomic E-state index is 0.474. The van der Waals surface area contributed by atoms with E-state index < -0.39 is 0 Å². The molecule has 30 heavy (non-hydrogen) atoms. The number of nitrogens with zero attached hydrogens (tertiary/aromatic N) is 5. The van der Waals surface area contributed by atoms with Gasteiger partial charge in [-0.2, -0.15) is 0 Å². The van der Waals surface area contributed by atoms with Crippen molar-refractivity contribution in [3.63, 3.8) is 0 Å². The van der Waals surface area contributed by atoms with Gasteiger partial charge in [-0.3, -0.25) is 14.4 Å². The molecule has 3 heterocycles. The minimum atomic E-state index is 0.474. The van der Waals surface area contributed by atoms with Crippen LogP contribution in [0.15, 0.2) is 67.3 Å². The first-order valence-electron chi connectivity index (χ1n) is 10.2. The highest BCUT2D eigenvalue weighted by molar-refractivity contribution is 5.97. The van der Waals surface area contributed by atoms with E-state index >= 15 is 0 Å². The maximum absolute atomic E-state index is 6.33. The molecule has 0 atom stereocenters. The number of hydrogen-bond donors (Lipinski definition) is 1. The van der Waals surface area contributed by atoms with Crippen molar-refractivity contribution in [2.75, 3.05) is 5.73 Å². The van der Waals surface area contributed by atoms with E-state index in [2.05, 4.69) is 37.6 Å². The highest BCUT2D eigenvalue weighted by Gasteiger charge is 2.27. The Kier molecular flexibility index (Phi) is 3.77. The number of aromatic nitrogens is 5. The number of nitrogen functional groups attached to an aromatic ring is 1. The van der Waals surface area contributed by atoms with E-state index in [1.165, 1.54) is 19.3 Å². The Labute approximate surface area is 173 Å². The molecule has 6 nitrogen and oxygen atoms in total. The van der Waals surface area contributed by atoms with Gasteiger partial charge in [0, 0.05) is 41.8 Å². The van der Waals surface area contributed by atoms with Crippen LogP contribution in [0, 0.1) is 0 Å². The van der Waals surface area contributed by atoms with Crippen LogP contribution in [0.5, 0.6) is 0 Å². The van der Waals surface area contributed by atoms with Gasteiger partial charge in [0.25, 0.3) is 0 Å². The summed E-state index contributed by atoms with van der Waals surface area (Å²) >= 11 is 0. The number of anilines is 1. The van der Waals surface area contributed by atoms with E-state index in [1.54, 1.807) is 18.6 Å². The molecule has 6 heteroatoms. The monoisotopic (exact) mass is 392 g/mol. The van der Waals surface area contributed by atoms with Crippen LogP contribution < -0.4 is 5.73 Å². The van der Waals surface area contributed by atoms with Gasteiger partial charge in [-0.1, -0.05) is 36.8 Å². The Morgan fingerprint density at radius 2 is 1.73 bits per heavy atom. The number of hydrogen-bond acceptors (Lipinski definition) is 5. The van der Waals surface area contributed by atoms with Crippen molar-refractivity contribution in [1.29, 1.82) is 0 Å². The second-order valence-corrected chi connectivity index (χ2v) is 7.79. The molecule has 0 saturated heterocycles. The van der Waals surface area contributed by atoms with Crippen LogP contribution in [0.2, 0.25) is 0 Å². The van der Waals surface area contributed by atoms with Gasteiger partial charge in [0.15, 0.2) is 0 Å². The fraction of sp³-hybridized carbons (Fsp3) is 0.167. The molecule has 0 spiro atoms. The SMILES string of the molecule is Nc1nccn2c(C3CCC3)nc(-c3cc(-c4ccccc4)c4nccnc4c3)c12. The highest BCUT2D eigenvalue weighted by Crippen LogP contribution is 2.40. The van der Waals surface area contributed by atoms with Gasteiger partial charge in [0.2, 0.25) is 0 Å². The summed E-state index contributed by atoms with van der Waals surface area (Å²) in [5.41, 5.74) is 12.9. The lowest BCUT2D eigenvalue weighted by molar-refractivity contribution is 0.400. The van der Waals surface area contributed by atoms with Crippen molar-refractivity contribution in [1.82, 2.24) is 24.3 Å². The molecule has 6 rings (SSSR count). The zero-order valence-electron chi connectivity index (χ0n) is 16.4. The van der Waals surface area contributed by atoms with Crippen molar-refractivity contribution in [3.05, 3.63) is 73.1 Å². The fourth-order valence-corrected chi connectivity index (χ4v) is 4.29. The molecule has 1 aliphatic rings. The molecule has 0 bridgehead atoms. The lowest BCUT2D eigenvalue weighted by Crippen LogP contribution is -2.12. The number of nitrogens with two attached hydrogens (primary N) is 1. The standard InChI is InChI=1S/C24H20N6/c25-23-22-20(29-24(16-7-4-8-16)30(22)12-11-28-23)17-13-18(15-5-2-1-3-6-15)21-19(14-17)26-9-10-27-21/h1-3,5-6,9-14,16H,4,7-8H2,(H2,25,28). The maximum atomic E-state index is 6.33. The van der Waals surface area contributed by atoms with E-state index in [4.69, 9.17) is 10.7 Å². The van der Waals surface area contributed by atoms with Gasteiger partial charge in [0.05, 0.1) is 11.0 Å². The summed E-state index contributed by atoms with van der Waals surface area (Å²) in [4.78, 5) is 18.6. The molecule has 1 fully saturated rings. The molecule has 146 valence electrons. The van der Waals surface area contributed by atoms with Crippen LogP contribution >= 0.6 is 0 Å². The highest BCUT2D eigenvalue weighted by atomic mass is 15.1. The second-order valence-electron chi connectivity index (χ2n) is 7.79. The average Bonchev–Trinajstić information content (AvgIpc) is 3.13. The van der Waals surface area contributed by atoms with Crippen molar-refractivity contribution in [2.45, 2.75) is 25.2 Å². The number of benzene rings is 2. The largest absolute Gasteiger partial charge is 0.382 e. The normalized spacial score (nSPS) is 14.3. The Morgan fingerprint density at radius 1 is 0.900 bits per heavy atom. The molecule has 0 radical (unpaired) electrons. The maximum Gasteiger partial charge on any atom is 0.150 e. The lowest BCUT2D eigenvalue weighted by atomic mass is 9.85. The van der Waals surface area contributed by atoms with Crippen molar-refractivity contribution >= 4 is 22.4 Å². The predicted octanol–water partition coefficient (Wildman–Crippen LogP) is 4.86. The van der Waals surface area contributed by atoms with Crippen LogP contribution in [0.3, 0.4) is 0 Å². The third kappa shape index (κ3) is 2.57. The Hall–Kier alpha value is -3.80. The molecule has 0 aliphatic heterocycles. The van der Waals surface area contributed by atoms with Gasteiger partial charge >= 0.3 is 0 Å². The summed E-state index contributed by atoms with van der Waals surface area (Å²) in [5, 5.41) is 0. The molecular weight excluding hydrogens is 372 g/mol. The average molecular weight is 392 g/mol. The first-order valence-corrected chi connectivity index (χ1v) is 10.2. The zero-order chi connectivity index (χ0) is 20.1. The van der Waals surface area contributed by atoms with E-state index in [0.29, 0.717) is 11.7 Å². The number of rotatable bonds is 3. The summed E-state index contributed by atoms with van der Waals surface area (Å²) < 4.78 is 2.12. The van der Waals surface area contributed by atoms with E-state index in [9.17, 15) is 0 Å². The number of fused-ring (bicyclic) bond motifs is 2. The van der Waals surface area contributed by atoms with Crippen LogP contribution in [0.4, 0.5) is 5.82 Å². The van der Waals surface area contributed by atoms with Crippen LogP contribution in [0.25, 0.3) is 38.9 Å². The lowest BCUT2D eigenvalue weighted by Gasteiger charge is -2.23. The Bertz CT molecular complexity index is 1390. The van der Waals surface area contributed by atoms with E-state index in [0.717, 1.165) is 44.8 Å². The predicted molar refractivity (Wildman–Crippen MR) is 118 cm³/mol. The molecule has 0 amide bonds. The Morgan fingerprint density at radius 3 is 2.53 bits per heavy atom. The summed E-state index contributed by atoms with van der Waals surface area (Å²) in [6, 6.07) is 14.5. The topological polar surface area (TPSA) is 82.0 Å². The van der Waals surface area contributed by atoms with Gasteiger partial charge in [-0.05, 0) is 30.5 Å². The summed E-state index contributed by atoms with van der Waals surface area (Å²) in [6.45, 7) is 0. The summed E-state index contributed by atoms with van der Waals surface area (Å²) in [6.07, 6.45) is 10.8. The Balaban J connectivity index is 1.65.